The van der Waals surface area contributed by atoms with Gasteiger partial charge in [0.25, 0.3) is 0 Å². The number of benzene rings is 3. The number of rotatable bonds is 5. The maximum atomic E-state index is 6.60. The molecule has 0 heterocycles. The van der Waals surface area contributed by atoms with Crippen molar-refractivity contribution >= 4 is 11.1 Å². The molecule has 156 valence electrons. The van der Waals surface area contributed by atoms with Crippen LogP contribution in [0, 0.1) is 5.41 Å². The van der Waals surface area contributed by atoms with Gasteiger partial charge >= 0.3 is 0 Å². The first-order valence-corrected chi connectivity index (χ1v) is 10.9. The van der Waals surface area contributed by atoms with Crippen LogP contribution in [0.2, 0.25) is 0 Å². The molecule has 5 rings (SSSR count). The Kier molecular flexibility index (Phi) is 6.51. The first-order chi connectivity index (χ1) is 15.2. The summed E-state index contributed by atoms with van der Waals surface area (Å²) in [5.74, 6) is 1.85. The van der Waals surface area contributed by atoms with E-state index in [0.717, 1.165) is 17.9 Å². The van der Waals surface area contributed by atoms with Crippen LogP contribution in [0.1, 0.15) is 31.4 Å². The summed E-state index contributed by atoms with van der Waals surface area (Å²) in [4.78, 5) is 0. The molecule has 0 atom stereocenters. The molecular formula is C30H26OTi. The molecule has 0 bridgehead atoms. The molecular weight excluding hydrogens is 424 g/mol. The van der Waals surface area contributed by atoms with E-state index in [0.29, 0.717) is 0 Å². The van der Waals surface area contributed by atoms with Gasteiger partial charge < -0.3 is 4.74 Å². The van der Waals surface area contributed by atoms with Gasteiger partial charge in [0.2, 0.25) is 0 Å². The molecule has 0 aromatic heterocycles. The molecule has 0 unspecified atom stereocenters. The summed E-state index contributed by atoms with van der Waals surface area (Å²) in [6.45, 7) is 4.63. The largest absolute Gasteiger partial charge is 0.457 e. The van der Waals surface area contributed by atoms with E-state index >= 15 is 0 Å². The zero-order chi connectivity index (χ0) is 21.3. The van der Waals surface area contributed by atoms with Crippen LogP contribution >= 0.6 is 0 Å². The fraction of sp³-hybridized carbons (Fsp3) is 0.133. The summed E-state index contributed by atoms with van der Waals surface area (Å²) in [6, 6.07) is 31.5. The summed E-state index contributed by atoms with van der Waals surface area (Å²) >= 11 is 0. The third-order valence-electron chi connectivity index (χ3n) is 6.13. The van der Waals surface area contributed by atoms with Crippen molar-refractivity contribution in [2.75, 3.05) is 0 Å². The summed E-state index contributed by atoms with van der Waals surface area (Å²) in [5, 5.41) is 0. The molecule has 0 saturated heterocycles. The quantitative estimate of drug-likeness (QED) is 0.360. The fourth-order valence-electron chi connectivity index (χ4n) is 4.71. The van der Waals surface area contributed by atoms with Gasteiger partial charge in [-0.15, -0.1) is 0 Å². The molecule has 2 aliphatic carbocycles. The summed E-state index contributed by atoms with van der Waals surface area (Å²) in [6.07, 6.45) is 7.57. The van der Waals surface area contributed by atoms with Crippen LogP contribution in [0.5, 0.6) is 5.75 Å². The van der Waals surface area contributed by atoms with E-state index in [1.807, 2.05) is 30.3 Å². The van der Waals surface area contributed by atoms with E-state index in [4.69, 9.17) is 4.74 Å². The first-order valence-electron chi connectivity index (χ1n) is 10.9. The Morgan fingerprint density at radius 3 is 1.97 bits per heavy atom. The van der Waals surface area contributed by atoms with Crippen molar-refractivity contribution < 1.29 is 26.5 Å². The molecule has 1 nitrogen and oxygen atoms in total. The van der Waals surface area contributed by atoms with Gasteiger partial charge in [0, 0.05) is 38.3 Å². The van der Waals surface area contributed by atoms with Crippen LogP contribution < -0.4 is 4.74 Å². The Balaban J connectivity index is 0.00000245. The van der Waals surface area contributed by atoms with E-state index in [2.05, 4.69) is 92.7 Å². The van der Waals surface area contributed by atoms with Crippen molar-refractivity contribution in [1.82, 2.24) is 0 Å². The molecule has 32 heavy (non-hydrogen) atoms. The number of allylic oxidation sites excluding steroid dienone is 7. The minimum absolute atomic E-state index is 0. The third kappa shape index (κ3) is 3.99. The predicted molar refractivity (Wildman–Crippen MR) is 129 cm³/mol. The Bertz CT molecular complexity index is 1210. The normalized spacial score (nSPS) is 17.9. The molecule has 2 aliphatic rings. The summed E-state index contributed by atoms with van der Waals surface area (Å²) in [5.41, 5.74) is 7.48. The smallest absolute Gasteiger partial charge is 0.136 e. The molecule has 0 spiro atoms. The molecule has 0 fully saturated rings. The van der Waals surface area contributed by atoms with Gasteiger partial charge in [-0.05, 0) is 40.8 Å². The van der Waals surface area contributed by atoms with Crippen molar-refractivity contribution in [3.8, 4) is 5.75 Å². The molecule has 0 amide bonds. The number of hydrogen-bond donors (Lipinski definition) is 0. The van der Waals surface area contributed by atoms with Crippen LogP contribution in [0.4, 0.5) is 0 Å². The standard InChI is InChI=1S/C30H26O.Ti/c1-30(2)27(24-18-8-4-9-19-24)29(31-25-20-10-5-11-21-25)28(30)26(23-16-12-13-17-23)22-14-6-3-7-15-22;/h3-16,18-21H,17H2,1-2H3;. The topological polar surface area (TPSA) is 9.23 Å². The minimum Gasteiger partial charge on any atom is -0.457 e. The van der Waals surface area contributed by atoms with Gasteiger partial charge in [-0.25, -0.2) is 0 Å². The van der Waals surface area contributed by atoms with Crippen molar-refractivity contribution in [3.05, 3.63) is 137 Å². The van der Waals surface area contributed by atoms with Crippen LogP contribution in [0.3, 0.4) is 0 Å². The Hall–Kier alpha value is -2.87. The third-order valence-corrected chi connectivity index (χ3v) is 6.13. The van der Waals surface area contributed by atoms with E-state index in [1.165, 1.54) is 33.4 Å². The molecule has 3 aromatic rings. The summed E-state index contributed by atoms with van der Waals surface area (Å²) < 4.78 is 6.60. The van der Waals surface area contributed by atoms with Gasteiger partial charge in [0.1, 0.15) is 11.5 Å². The van der Waals surface area contributed by atoms with Crippen molar-refractivity contribution in [3.63, 3.8) is 0 Å². The maximum absolute atomic E-state index is 6.60. The van der Waals surface area contributed by atoms with Gasteiger partial charge in [-0.2, -0.15) is 0 Å². The fourth-order valence-corrected chi connectivity index (χ4v) is 4.71. The Morgan fingerprint density at radius 2 is 1.38 bits per heavy atom. The maximum Gasteiger partial charge on any atom is 0.136 e. The van der Waals surface area contributed by atoms with Crippen LogP contribution in [0.15, 0.2) is 126 Å². The average molecular weight is 450 g/mol. The van der Waals surface area contributed by atoms with Crippen molar-refractivity contribution in [2.24, 2.45) is 5.41 Å². The predicted octanol–water partition coefficient (Wildman–Crippen LogP) is 7.85. The first kappa shape index (κ1) is 22.3. The molecule has 0 radical (unpaired) electrons. The summed E-state index contributed by atoms with van der Waals surface area (Å²) in [7, 11) is 0. The minimum atomic E-state index is -0.139. The Morgan fingerprint density at radius 1 is 0.781 bits per heavy atom. The van der Waals surface area contributed by atoms with Crippen LogP contribution in [-0.4, -0.2) is 0 Å². The number of ether oxygens (including phenoxy) is 1. The molecule has 2 heteroatoms. The van der Waals surface area contributed by atoms with Gasteiger partial charge in [-0.3, -0.25) is 0 Å². The zero-order valence-electron chi connectivity index (χ0n) is 18.5. The van der Waals surface area contributed by atoms with Gasteiger partial charge in [-0.1, -0.05) is 111 Å². The molecule has 0 N–H and O–H groups in total. The number of hydrogen-bond acceptors (Lipinski definition) is 1. The molecule has 0 aliphatic heterocycles. The number of para-hydroxylation sites is 1. The van der Waals surface area contributed by atoms with E-state index in [-0.39, 0.29) is 27.1 Å². The van der Waals surface area contributed by atoms with E-state index < -0.39 is 0 Å². The monoisotopic (exact) mass is 450 g/mol. The van der Waals surface area contributed by atoms with Crippen LogP contribution in [0.25, 0.3) is 11.1 Å². The molecule has 3 aromatic carbocycles. The molecule has 0 saturated carbocycles. The second kappa shape index (κ2) is 9.32. The average Bonchev–Trinajstić information content (AvgIpc) is 3.33. The second-order valence-electron chi connectivity index (χ2n) is 8.55. The van der Waals surface area contributed by atoms with E-state index in [9.17, 15) is 0 Å². The van der Waals surface area contributed by atoms with Gasteiger partial charge in [0.15, 0.2) is 0 Å². The van der Waals surface area contributed by atoms with Gasteiger partial charge in [0.05, 0.1) is 0 Å². The SMILES string of the molecule is CC1(C)C(=C(C2=CC=CC2)c2ccccc2)C(Oc2ccccc2)=C1c1ccccc1.[Ti]. The van der Waals surface area contributed by atoms with E-state index in [1.54, 1.807) is 0 Å². The zero-order valence-corrected chi connectivity index (χ0v) is 20.1. The Labute approximate surface area is 205 Å². The van der Waals surface area contributed by atoms with Crippen molar-refractivity contribution in [2.45, 2.75) is 20.3 Å². The van der Waals surface area contributed by atoms with Crippen molar-refractivity contribution in [1.29, 1.82) is 0 Å². The van der Waals surface area contributed by atoms with Crippen LogP contribution in [-0.2, 0) is 21.7 Å². The second-order valence-corrected chi connectivity index (χ2v) is 8.55.